The lowest BCUT2D eigenvalue weighted by molar-refractivity contribution is -0.315. The first-order valence-electron chi connectivity index (χ1n) is 28.5. The maximum atomic E-state index is 13.5. The lowest BCUT2D eigenvalue weighted by Crippen LogP contribution is -2.68. The minimum absolute atomic E-state index is 0.0758. The van der Waals surface area contributed by atoms with E-state index in [1.807, 2.05) is 26.0 Å². The molecule has 4 saturated heterocycles. The van der Waals surface area contributed by atoms with Gasteiger partial charge in [-0.2, -0.15) is 0 Å². The first kappa shape index (κ1) is 66.0. The third-order valence-electron chi connectivity index (χ3n) is 17.0. The predicted octanol–water partition coefficient (Wildman–Crippen LogP) is -2.92. The van der Waals surface area contributed by atoms with Crippen LogP contribution >= 0.6 is 0 Å². The molecule has 0 spiro atoms. The summed E-state index contributed by atoms with van der Waals surface area (Å²) in [5.74, 6) is -0.998. The van der Waals surface area contributed by atoms with Crippen molar-refractivity contribution in [2.24, 2.45) is 69.5 Å². The molecule has 6 fully saturated rings. The number of nitrogens with two attached hydrogens (primary N) is 8. The van der Waals surface area contributed by atoms with Crippen LogP contribution in [0.25, 0.3) is 0 Å². The van der Waals surface area contributed by atoms with Gasteiger partial charge in [-0.25, -0.2) is 9.59 Å². The molecule has 26 heteroatoms. The Morgan fingerprint density at radius 2 is 0.878 bits per heavy atom. The molecular weight excluding hydrogens is 1070 g/mol. The van der Waals surface area contributed by atoms with E-state index < -0.39 is 177 Å². The Morgan fingerprint density at radius 1 is 0.451 bits per heavy atom. The minimum Gasteiger partial charge on any atom is -0.454 e. The van der Waals surface area contributed by atoms with E-state index in [9.17, 15) is 40.2 Å². The number of ether oxygens (including phenoxy) is 10. The van der Waals surface area contributed by atoms with Gasteiger partial charge in [0, 0.05) is 42.2 Å². The van der Waals surface area contributed by atoms with Crippen molar-refractivity contribution in [3.63, 3.8) is 0 Å². The van der Waals surface area contributed by atoms with Crippen molar-refractivity contribution in [3.05, 3.63) is 71.8 Å². The fourth-order valence-corrected chi connectivity index (χ4v) is 12.0. The summed E-state index contributed by atoms with van der Waals surface area (Å²) in [5, 5.41) is 61.6. The Labute approximate surface area is 478 Å². The molecule has 4 heterocycles. The lowest BCUT2D eigenvalue weighted by atomic mass is 9.78. The van der Waals surface area contributed by atoms with Crippen LogP contribution in [0.4, 0.5) is 0 Å². The topological polar surface area (TPSA) is 456 Å². The number of aliphatic hydroxyl groups is 6. The zero-order chi connectivity index (χ0) is 60.3. The average Bonchev–Trinajstić information content (AvgIpc) is 4.05. The highest BCUT2D eigenvalue weighted by Crippen LogP contribution is 2.40. The zero-order valence-electron chi connectivity index (χ0n) is 47.9. The molecule has 82 heavy (non-hydrogen) atoms. The third-order valence-corrected chi connectivity index (χ3v) is 17.0. The minimum atomic E-state index is -1.48. The smallest absolute Gasteiger partial charge is 0.338 e. The number of hydrogen-bond acceptors (Lipinski definition) is 26. The van der Waals surface area contributed by atoms with Gasteiger partial charge in [-0.3, -0.25) is 0 Å². The van der Waals surface area contributed by atoms with Crippen LogP contribution in [0.3, 0.4) is 0 Å². The highest BCUT2D eigenvalue weighted by molar-refractivity contribution is 5.90. The van der Waals surface area contributed by atoms with E-state index in [0.29, 0.717) is 11.1 Å². The van der Waals surface area contributed by atoms with E-state index in [1.54, 1.807) is 55.5 Å². The number of carbonyl (C=O) groups is 2. The molecule has 0 radical (unpaired) electrons. The van der Waals surface area contributed by atoms with E-state index in [0.717, 1.165) is 0 Å². The number of benzene rings is 2. The van der Waals surface area contributed by atoms with E-state index in [4.69, 9.17) is 93.2 Å². The number of rotatable bonds is 16. The highest BCUT2D eigenvalue weighted by atomic mass is 16.8. The summed E-state index contributed by atoms with van der Waals surface area (Å²) in [6.45, 7) is 15.1. The molecule has 6 aliphatic rings. The quantitative estimate of drug-likeness (QED) is 0.0749. The zero-order valence-corrected chi connectivity index (χ0v) is 47.9. The van der Waals surface area contributed by atoms with Gasteiger partial charge in [0.2, 0.25) is 0 Å². The predicted molar refractivity (Wildman–Crippen MR) is 294 cm³/mol. The van der Waals surface area contributed by atoms with Crippen molar-refractivity contribution in [1.29, 1.82) is 0 Å². The molecule has 0 aromatic heterocycles. The largest absolute Gasteiger partial charge is 0.454 e. The molecule has 2 aromatic rings. The summed E-state index contributed by atoms with van der Waals surface area (Å²) in [6.07, 6.45) is -21.3. The van der Waals surface area contributed by atoms with Crippen molar-refractivity contribution >= 4 is 11.9 Å². The molecule has 2 aliphatic carbocycles. The molecule has 22 N–H and O–H groups in total. The van der Waals surface area contributed by atoms with Gasteiger partial charge in [0.15, 0.2) is 31.3 Å². The van der Waals surface area contributed by atoms with Crippen molar-refractivity contribution in [2.45, 2.75) is 239 Å². The fraction of sp³-hybridized carbons (Fsp3) is 0.750. The summed E-state index contributed by atoms with van der Waals surface area (Å²) in [7, 11) is 0. The monoisotopic (exact) mass is 1160 g/mol. The van der Waals surface area contributed by atoms with Crippen LogP contribution in [0.5, 0.6) is 0 Å². The number of esters is 2. The van der Waals surface area contributed by atoms with Crippen LogP contribution in [0, 0.1) is 23.7 Å². The number of aliphatic hydroxyl groups excluding tert-OH is 6. The van der Waals surface area contributed by atoms with E-state index >= 15 is 0 Å². The molecule has 2 saturated carbocycles. The molecule has 10 unspecified atom stereocenters. The summed E-state index contributed by atoms with van der Waals surface area (Å²) in [5.41, 5.74) is 51.2. The maximum Gasteiger partial charge on any atom is 0.338 e. The fourth-order valence-electron chi connectivity index (χ4n) is 12.0. The van der Waals surface area contributed by atoms with Crippen LogP contribution < -0.4 is 45.9 Å². The van der Waals surface area contributed by atoms with Gasteiger partial charge >= 0.3 is 11.9 Å². The second-order valence-electron chi connectivity index (χ2n) is 23.8. The summed E-state index contributed by atoms with van der Waals surface area (Å²) in [4.78, 5) is 26.8. The lowest BCUT2D eigenvalue weighted by Gasteiger charge is -2.49. The SMILES string of the molecule is CC(C)C1O[C@H](O[C@@H]2C(N)C[C@@H](N)C(OC(=O)c3ccccc3)[C@H]2O[C@@H]2O[C@H]([C@H](C)N)[C@H](C)C2OC(=O)c2ccccc2)C(N)[C@@H](C)[C@@H]1C.C[C@H](N)[C@H]1O[C@@H](O[C@@H]2C(O)[C@H](N)CC(N)[C@H]2O[C@H]2OC([C@@H](C)O)[C@@H](O)[C@H](O)C2N)C(O)[C@H]1O. The molecular formula is C56H92N8O18. The summed E-state index contributed by atoms with van der Waals surface area (Å²) in [6, 6.07) is 11.6. The second-order valence-corrected chi connectivity index (χ2v) is 23.8. The Kier molecular flexibility index (Phi) is 22.8. The van der Waals surface area contributed by atoms with Gasteiger partial charge in [-0.15, -0.1) is 0 Å². The molecule has 0 amide bonds. The van der Waals surface area contributed by atoms with Crippen LogP contribution in [0.15, 0.2) is 60.7 Å². The van der Waals surface area contributed by atoms with Crippen molar-refractivity contribution in [3.8, 4) is 0 Å². The van der Waals surface area contributed by atoms with Gasteiger partial charge in [0.05, 0.1) is 47.6 Å². The Morgan fingerprint density at radius 3 is 1.39 bits per heavy atom. The highest BCUT2D eigenvalue weighted by Gasteiger charge is 2.56. The van der Waals surface area contributed by atoms with E-state index in [2.05, 4.69) is 27.7 Å². The van der Waals surface area contributed by atoms with Crippen LogP contribution in [0.1, 0.15) is 88.9 Å². The number of carbonyl (C=O) groups excluding carboxylic acids is 2. The molecule has 8 rings (SSSR count). The molecule has 464 valence electrons. The molecule has 2 aromatic carbocycles. The van der Waals surface area contributed by atoms with Gasteiger partial charge in [0.1, 0.15) is 67.1 Å². The van der Waals surface area contributed by atoms with Crippen LogP contribution in [-0.4, -0.2) is 214 Å². The normalized spacial score (nSPS) is 44.4. The Bertz CT molecular complexity index is 2320. The van der Waals surface area contributed by atoms with Gasteiger partial charge < -0.3 is 124 Å². The van der Waals surface area contributed by atoms with Crippen molar-refractivity contribution in [2.75, 3.05) is 0 Å². The number of hydrogen-bond donors (Lipinski definition) is 14. The molecule has 31 atom stereocenters. The third kappa shape index (κ3) is 14.7. The van der Waals surface area contributed by atoms with E-state index in [-0.39, 0.29) is 42.6 Å². The Hall–Kier alpha value is -3.50. The standard InChI is InChI=1S/C37H54N4O8.C19H38N4O10/c1-18(2)28-20(4)19(3)27(41)36(46-28)48-32-26(40)17-25(39)31(45-35(43)24-15-11-8-12-16-24)33(32)49-37-30(21(5)29(47-37)22(6)38)44-34(42)23-13-9-7-10-14-23;1-4(20)14-12(28)13(29)19(30-14)33-17-9(25)6(21)3-7(22)16(17)32-18-8(23)10(26)11(27)15(31-18)5(2)24/h7-16,18-22,25-33,36-37H,17,38-41H2,1-6H3;4-19,24-29H,3,20-23H2,1-2H3/t19-,20-,21-,22-,25+,26?,27?,28?,29-,30?,31?,32+,33+,36+,37-;4-,5+,6+,7?,8?,9?,10+,11-,12+,13?,14+,15?,16+,17+,18+,19-/m00/s1. The molecule has 4 aliphatic heterocycles. The summed E-state index contributed by atoms with van der Waals surface area (Å²) < 4.78 is 61.3. The maximum absolute atomic E-state index is 13.5. The van der Waals surface area contributed by atoms with Crippen LogP contribution in [-0.2, 0) is 47.4 Å². The van der Waals surface area contributed by atoms with Gasteiger partial charge in [-0.05, 0) is 75.6 Å². The van der Waals surface area contributed by atoms with Gasteiger partial charge in [-0.1, -0.05) is 71.0 Å². The molecule has 0 bridgehead atoms. The second kappa shape index (κ2) is 28.3. The first-order chi connectivity index (χ1) is 38.6. The molecule has 26 nitrogen and oxygen atoms in total. The van der Waals surface area contributed by atoms with Crippen molar-refractivity contribution < 1.29 is 87.6 Å². The Balaban J connectivity index is 0.000000255. The first-order valence-corrected chi connectivity index (χ1v) is 28.5. The average molecular weight is 1170 g/mol. The van der Waals surface area contributed by atoms with Crippen molar-refractivity contribution in [1.82, 2.24) is 0 Å². The van der Waals surface area contributed by atoms with Crippen LogP contribution in [0.2, 0.25) is 0 Å². The van der Waals surface area contributed by atoms with E-state index in [1.165, 1.54) is 6.92 Å². The summed E-state index contributed by atoms with van der Waals surface area (Å²) >= 11 is 0. The van der Waals surface area contributed by atoms with Gasteiger partial charge in [0.25, 0.3) is 0 Å².